The van der Waals surface area contributed by atoms with Crippen molar-refractivity contribution in [3.8, 4) is 5.75 Å². The molecule has 1 atom stereocenters. The summed E-state index contributed by atoms with van der Waals surface area (Å²) in [6, 6.07) is 6.10. The molecule has 0 spiro atoms. The molecule has 1 rings (SSSR count). The molecule has 108 valence electrons. The maximum atomic E-state index is 5.93. The van der Waals surface area contributed by atoms with Crippen LogP contribution in [0.15, 0.2) is 18.2 Å². The second-order valence-electron chi connectivity index (χ2n) is 4.64. The minimum absolute atomic E-state index is 0.0199. The van der Waals surface area contributed by atoms with Crippen molar-refractivity contribution < 1.29 is 14.2 Å². The van der Waals surface area contributed by atoms with E-state index in [0.29, 0.717) is 26.4 Å². The normalized spacial score (nSPS) is 12.4. The number of benzene rings is 1. The van der Waals surface area contributed by atoms with Crippen LogP contribution >= 0.6 is 0 Å². The lowest BCUT2D eigenvalue weighted by atomic mass is 10.1. The lowest BCUT2D eigenvalue weighted by molar-refractivity contribution is 0.0644. The van der Waals surface area contributed by atoms with Crippen molar-refractivity contribution in [1.29, 1.82) is 0 Å². The van der Waals surface area contributed by atoms with Crippen molar-refractivity contribution in [2.24, 2.45) is 5.73 Å². The third kappa shape index (κ3) is 6.05. The summed E-state index contributed by atoms with van der Waals surface area (Å²) in [6.45, 7) is 6.59. The van der Waals surface area contributed by atoms with E-state index in [0.717, 1.165) is 17.7 Å². The van der Waals surface area contributed by atoms with Gasteiger partial charge in [-0.1, -0.05) is 12.1 Å². The first kappa shape index (κ1) is 16.0. The van der Waals surface area contributed by atoms with E-state index in [1.165, 1.54) is 5.56 Å². The van der Waals surface area contributed by atoms with Crippen LogP contribution in [0.4, 0.5) is 0 Å². The molecule has 0 aliphatic heterocycles. The minimum Gasteiger partial charge on any atom is -0.493 e. The molecule has 19 heavy (non-hydrogen) atoms. The molecule has 1 aromatic rings. The Labute approximate surface area is 115 Å². The van der Waals surface area contributed by atoms with Crippen LogP contribution in [-0.2, 0) is 9.47 Å². The molecule has 0 unspecified atom stereocenters. The second-order valence-corrected chi connectivity index (χ2v) is 4.64. The summed E-state index contributed by atoms with van der Waals surface area (Å²) in [7, 11) is 1.67. The molecule has 1 aromatic carbocycles. The Morgan fingerprint density at radius 1 is 1.16 bits per heavy atom. The maximum absolute atomic E-state index is 5.93. The first-order valence-corrected chi connectivity index (χ1v) is 6.70. The fraction of sp³-hybridized carbons (Fsp3) is 0.600. The Morgan fingerprint density at radius 3 is 2.63 bits per heavy atom. The van der Waals surface area contributed by atoms with Crippen molar-refractivity contribution in [2.45, 2.75) is 26.3 Å². The standard InChI is InChI=1S/C15H25NO3/c1-12-5-6-14(13(2)16)15(11-12)19-8-4-7-18-10-9-17-3/h5-6,11,13H,4,7-10,16H2,1-3H3/t13-/m0/s1. The number of methoxy groups -OCH3 is 1. The zero-order valence-electron chi connectivity index (χ0n) is 12.1. The zero-order valence-corrected chi connectivity index (χ0v) is 12.1. The second kappa shape index (κ2) is 8.91. The van der Waals surface area contributed by atoms with Crippen LogP contribution in [0.5, 0.6) is 5.75 Å². The number of nitrogens with two attached hydrogens (primary N) is 1. The van der Waals surface area contributed by atoms with Crippen LogP contribution in [0, 0.1) is 6.92 Å². The highest BCUT2D eigenvalue weighted by atomic mass is 16.5. The van der Waals surface area contributed by atoms with Gasteiger partial charge >= 0.3 is 0 Å². The number of rotatable bonds is 9. The predicted molar refractivity (Wildman–Crippen MR) is 76.6 cm³/mol. The number of aryl methyl sites for hydroxylation is 1. The molecular formula is C15H25NO3. The van der Waals surface area contributed by atoms with Gasteiger partial charge < -0.3 is 19.9 Å². The highest BCUT2D eigenvalue weighted by Gasteiger charge is 2.08. The predicted octanol–water partition coefficient (Wildman–Crippen LogP) is 2.45. The van der Waals surface area contributed by atoms with Crippen molar-refractivity contribution in [3.63, 3.8) is 0 Å². The van der Waals surface area contributed by atoms with E-state index >= 15 is 0 Å². The van der Waals surface area contributed by atoms with Gasteiger partial charge in [0, 0.05) is 31.7 Å². The van der Waals surface area contributed by atoms with E-state index < -0.39 is 0 Å². The summed E-state index contributed by atoms with van der Waals surface area (Å²) in [5.74, 6) is 0.881. The van der Waals surface area contributed by atoms with Gasteiger partial charge in [0.25, 0.3) is 0 Å². The fourth-order valence-electron chi connectivity index (χ4n) is 1.73. The third-order valence-corrected chi connectivity index (χ3v) is 2.78. The van der Waals surface area contributed by atoms with Gasteiger partial charge in [-0.05, 0) is 25.5 Å². The highest BCUT2D eigenvalue weighted by Crippen LogP contribution is 2.25. The van der Waals surface area contributed by atoms with Crippen LogP contribution in [0.1, 0.15) is 30.5 Å². The van der Waals surface area contributed by atoms with E-state index in [9.17, 15) is 0 Å². The van der Waals surface area contributed by atoms with Gasteiger partial charge in [0.05, 0.1) is 19.8 Å². The molecule has 4 nitrogen and oxygen atoms in total. The van der Waals surface area contributed by atoms with Gasteiger partial charge in [-0.3, -0.25) is 0 Å². The zero-order chi connectivity index (χ0) is 14.1. The largest absolute Gasteiger partial charge is 0.493 e. The summed E-state index contributed by atoms with van der Waals surface area (Å²) in [4.78, 5) is 0. The van der Waals surface area contributed by atoms with Crippen LogP contribution in [0.2, 0.25) is 0 Å². The van der Waals surface area contributed by atoms with Gasteiger partial charge in [0.15, 0.2) is 0 Å². The topological polar surface area (TPSA) is 53.7 Å². The first-order chi connectivity index (χ1) is 9.15. The summed E-state index contributed by atoms with van der Waals surface area (Å²) >= 11 is 0. The SMILES string of the molecule is COCCOCCCOc1cc(C)ccc1[C@H](C)N. The Bertz CT molecular complexity index is 366. The molecule has 0 radical (unpaired) electrons. The lowest BCUT2D eigenvalue weighted by Crippen LogP contribution is -2.10. The quantitative estimate of drug-likeness (QED) is 0.698. The maximum Gasteiger partial charge on any atom is 0.124 e. The molecule has 0 heterocycles. The van der Waals surface area contributed by atoms with Crippen molar-refractivity contribution in [2.75, 3.05) is 33.5 Å². The van der Waals surface area contributed by atoms with E-state index in [4.69, 9.17) is 19.9 Å². The molecular weight excluding hydrogens is 242 g/mol. The Kier molecular flexibility index (Phi) is 7.48. The minimum atomic E-state index is -0.0199. The molecule has 0 fully saturated rings. The molecule has 0 aromatic heterocycles. The average Bonchev–Trinajstić information content (AvgIpc) is 2.37. The van der Waals surface area contributed by atoms with Crippen LogP contribution < -0.4 is 10.5 Å². The van der Waals surface area contributed by atoms with Gasteiger partial charge in [-0.25, -0.2) is 0 Å². The Hall–Kier alpha value is -1.10. The lowest BCUT2D eigenvalue weighted by Gasteiger charge is -2.14. The molecule has 0 saturated carbocycles. The monoisotopic (exact) mass is 267 g/mol. The van der Waals surface area contributed by atoms with Crippen molar-refractivity contribution >= 4 is 0 Å². The number of hydrogen-bond donors (Lipinski definition) is 1. The fourth-order valence-corrected chi connectivity index (χ4v) is 1.73. The summed E-state index contributed by atoms with van der Waals surface area (Å²) < 4.78 is 16.1. The van der Waals surface area contributed by atoms with Crippen LogP contribution in [-0.4, -0.2) is 33.5 Å². The number of hydrogen-bond acceptors (Lipinski definition) is 4. The van der Waals surface area contributed by atoms with E-state index in [1.54, 1.807) is 7.11 Å². The van der Waals surface area contributed by atoms with E-state index in [1.807, 2.05) is 26.0 Å². The Morgan fingerprint density at radius 2 is 1.95 bits per heavy atom. The first-order valence-electron chi connectivity index (χ1n) is 6.70. The number of ether oxygens (including phenoxy) is 3. The van der Waals surface area contributed by atoms with Crippen LogP contribution in [0.3, 0.4) is 0 Å². The third-order valence-electron chi connectivity index (χ3n) is 2.78. The van der Waals surface area contributed by atoms with E-state index in [-0.39, 0.29) is 6.04 Å². The summed E-state index contributed by atoms with van der Waals surface area (Å²) in [5, 5.41) is 0. The molecule has 4 heteroatoms. The molecule has 0 amide bonds. The van der Waals surface area contributed by atoms with Gasteiger partial charge in [-0.15, -0.1) is 0 Å². The van der Waals surface area contributed by atoms with Crippen molar-refractivity contribution in [1.82, 2.24) is 0 Å². The van der Waals surface area contributed by atoms with Gasteiger partial charge in [0.2, 0.25) is 0 Å². The molecule has 0 aliphatic rings. The molecule has 0 bridgehead atoms. The smallest absolute Gasteiger partial charge is 0.124 e. The Balaban J connectivity index is 2.34. The molecule has 2 N–H and O–H groups in total. The van der Waals surface area contributed by atoms with Crippen molar-refractivity contribution in [3.05, 3.63) is 29.3 Å². The average molecular weight is 267 g/mol. The van der Waals surface area contributed by atoms with Crippen LogP contribution in [0.25, 0.3) is 0 Å². The van der Waals surface area contributed by atoms with Gasteiger partial charge in [0.1, 0.15) is 5.75 Å². The molecule has 0 aliphatic carbocycles. The van der Waals surface area contributed by atoms with E-state index in [2.05, 4.69) is 6.07 Å². The summed E-state index contributed by atoms with van der Waals surface area (Å²) in [6.07, 6.45) is 0.857. The molecule has 0 saturated heterocycles. The van der Waals surface area contributed by atoms with Gasteiger partial charge in [-0.2, -0.15) is 0 Å². The highest BCUT2D eigenvalue weighted by molar-refractivity contribution is 5.38. The summed E-state index contributed by atoms with van der Waals surface area (Å²) in [5.41, 5.74) is 8.16.